The topological polar surface area (TPSA) is 158 Å². The molecule has 0 aliphatic rings. The standard InChI is InChI=1S/C4H13N3.H3O4P/c5-1-3-7-4-2-6;1-5(2,3)4/h7H,1-6H2;(H3,1,2,3,4). The van der Waals surface area contributed by atoms with Crippen molar-refractivity contribution >= 4 is 7.82 Å². The van der Waals surface area contributed by atoms with Crippen LogP contribution in [-0.4, -0.2) is 26.2 Å². The van der Waals surface area contributed by atoms with Gasteiger partial charge in [-0.15, -0.1) is 0 Å². The van der Waals surface area contributed by atoms with Crippen LogP contribution < -0.4 is 31.5 Å². The highest BCUT2D eigenvalue weighted by atomic mass is 31.2. The smallest absolute Gasteiger partial charge is 0.125 e. The van der Waals surface area contributed by atoms with E-state index in [2.05, 4.69) is 16.8 Å². The van der Waals surface area contributed by atoms with E-state index in [9.17, 15) is 0 Å². The van der Waals surface area contributed by atoms with Crippen molar-refractivity contribution in [1.82, 2.24) is 0 Å². The first-order valence-electron chi connectivity index (χ1n) is 3.55. The molecule has 0 aliphatic heterocycles. The Morgan fingerprint density at radius 3 is 1.50 bits per heavy atom. The van der Waals surface area contributed by atoms with E-state index in [1.807, 2.05) is 0 Å². The lowest BCUT2D eigenvalue weighted by Crippen LogP contribution is -2.90. The lowest BCUT2D eigenvalue weighted by molar-refractivity contribution is -0.683. The van der Waals surface area contributed by atoms with Crippen LogP contribution in [0.3, 0.4) is 0 Å². The molecule has 0 saturated heterocycles. The fourth-order valence-electron chi connectivity index (χ4n) is 0.433. The highest BCUT2D eigenvalue weighted by molar-refractivity contribution is 7.40. The molecule has 0 aromatic rings. The van der Waals surface area contributed by atoms with Gasteiger partial charge in [0, 0.05) is 0 Å². The van der Waals surface area contributed by atoms with Crippen molar-refractivity contribution in [2.24, 2.45) is 0 Å². The molecule has 0 spiro atoms. The lowest BCUT2D eigenvalue weighted by atomic mass is 10.6. The van der Waals surface area contributed by atoms with Crippen molar-refractivity contribution in [3.05, 3.63) is 0 Å². The quantitative estimate of drug-likeness (QED) is 0.305. The summed E-state index contributed by atoms with van der Waals surface area (Å²) in [5, 5.41) is 2.24. The summed E-state index contributed by atoms with van der Waals surface area (Å²) in [4.78, 5) is 25.6. The molecule has 0 rings (SSSR count). The van der Waals surface area contributed by atoms with Crippen LogP contribution in [0.5, 0.6) is 0 Å². The molecule has 0 aliphatic carbocycles. The van der Waals surface area contributed by atoms with Gasteiger partial charge in [-0.3, -0.25) is 0 Å². The van der Waals surface area contributed by atoms with E-state index in [0.717, 1.165) is 26.2 Å². The van der Waals surface area contributed by atoms with Crippen molar-refractivity contribution in [3.8, 4) is 0 Å². The Bertz CT molecular complexity index is 115. The van der Waals surface area contributed by atoms with Gasteiger partial charge in [0.2, 0.25) is 0 Å². The van der Waals surface area contributed by atoms with Gasteiger partial charge in [0.1, 0.15) is 26.2 Å². The zero-order valence-corrected chi connectivity index (χ0v) is 7.79. The monoisotopic (exact) mass is 201 g/mol. The Morgan fingerprint density at radius 1 is 1.08 bits per heavy atom. The number of hydrogen-bond donors (Lipinski definition) is 3. The molecule has 12 heavy (non-hydrogen) atoms. The van der Waals surface area contributed by atoms with E-state index >= 15 is 0 Å². The van der Waals surface area contributed by atoms with Gasteiger partial charge in [-0.05, 0) is 0 Å². The Labute approximate surface area is 71.0 Å². The molecule has 8 heteroatoms. The van der Waals surface area contributed by atoms with Crippen molar-refractivity contribution < 1.29 is 36.0 Å². The van der Waals surface area contributed by atoms with E-state index in [-0.39, 0.29) is 0 Å². The first kappa shape index (κ1) is 14.5. The molecule has 7 nitrogen and oxygen atoms in total. The van der Waals surface area contributed by atoms with Crippen LogP contribution in [0.15, 0.2) is 0 Å². The minimum atomic E-state index is -5.39. The summed E-state index contributed by atoms with van der Waals surface area (Å²) in [5.74, 6) is 0. The minimum Gasteiger partial charge on any atom is -0.822 e. The predicted octanol–water partition coefficient (Wildman–Crippen LogP) is -6.79. The van der Waals surface area contributed by atoms with Crippen LogP contribution in [0.25, 0.3) is 0 Å². The van der Waals surface area contributed by atoms with Gasteiger partial charge >= 0.3 is 0 Å². The lowest BCUT2D eigenvalue weighted by Gasteiger charge is -2.36. The molecule has 0 atom stereocenters. The summed E-state index contributed by atoms with van der Waals surface area (Å²) in [6, 6.07) is 0. The third-order valence-electron chi connectivity index (χ3n) is 0.816. The Hall–Kier alpha value is -0.0100. The fourth-order valence-corrected chi connectivity index (χ4v) is 0.433. The van der Waals surface area contributed by atoms with Gasteiger partial charge in [0.05, 0.1) is 0 Å². The largest absolute Gasteiger partial charge is 0.822 e. The van der Waals surface area contributed by atoms with Gasteiger partial charge < -0.3 is 36.0 Å². The maximum absolute atomic E-state index is 8.55. The van der Waals surface area contributed by atoms with E-state index in [4.69, 9.17) is 19.2 Å². The Morgan fingerprint density at radius 2 is 1.33 bits per heavy atom. The molecule has 0 saturated carbocycles. The first-order chi connectivity index (χ1) is 5.41. The predicted molar refractivity (Wildman–Crippen MR) is 34.8 cm³/mol. The second-order valence-electron chi connectivity index (χ2n) is 2.02. The Kier molecular flexibility index (Phi) is 11.0. The third kappa shape index (κ3) is 50.7. The van der Waals surface area contributed by atoms with Crippen LogP contribution in [0, 0.1) is 0 Å². The molecule has 76 valence electrons. The molecular formula is C4H16N3O4P. The van der Waals surface area contributed by atoms with Crippen molar-refractivity contribution in [2.45, 2.75) is 0 Å². The molecule has 0 fully saturated rings. The molecule has 0 amide bonds. The summed E-state index contributed by atoms with van der Waals surface area (Å²) in [7, 11) is -5.39. The van der Waals surface area contributed by atoms with E-state index in [1.165, 1.54) is 0 Å². The van der Waals surface area contributed by atoms with Gasteiger partial charge in [-0.1, -0.05) is 0 Å². The number of hydrogen-bond acceptors (Lipinski definition) is 4. The van der Waals surface area contributed by atoms with E-state index in [1.54, 1.807) is 0 Å². The number of nitrogens with two attached hydrogens (primary N) is 1. The number of phosphoric acid groups is 1. The zero-order chi connectivity index (χ0) is 10.0. The van der Waals surface area contributed by atoms with E-state index < -0.39 is 7.82 Å². The third-order valence-corrected chi connectivity index (χ3v) is 0.816. The molecule has 0 bridgehead atoms. The summed E-state index contributed by atoms with van der Waals surface area (Å²) in [6.07, 6.45) is 0. The van der Waals surface area contributed by atoms with E-state index in [0.29, 0.717) is 0 Å². The zero-order valence-electron chi connectivity index (χ0n) is 6.90. The average Bonchev–Trinajstić information content (AvgIpc) is 1.85. The minimum absolute atomic E-state index is 1.03. The molecule has 0 aromatic heterocycles. The molecular weight excluding hydrogens is 185 g/mol. The van der Waals surface area contributed by atoms with Crippen molar-refractivity contribution in [2.75, 3.05) is 26.2 Å². The van der Waals surface area contributed by atoms with Crippen molar-refractivity contribution in [3.63, 3.8) is 0 Å². The van der Waals surface area contributed by atoms with Gasteiger partial charge in [0.15, 0.2) is 0 Å². The number of quaternary nitrogens is 3. The first-order valence-corrected chi connectivity index (χ1v) is 5.01. The Balaban J connectivity index is 0. The van der Waals surface area contributed by atoms with Gasteiger partial charge in [-0.25, -0.2) is 0 Å². The second-order valence-corrected chi connectivity index (χ2v) is 2.91. The maximum atomic E-state index is 8.55. The van der Waals surface area contributed by atoms with Gasteiger partial charge in [0.25, 0.3) is 0 Å². The molecule has 0 heterocycles. The SMILES string of the molecule is O=P([O-])([O-])[O-].[NH3+]CC[NH2+]CC[NH3+]. The van der Waals surface area contributed by atoms with Crippen molar-refractivity contribution in [1.29, 1.82) is 0 Å². The van der Waals surface area contributed by atoms with Crippen LogP contribution in [0.2, 0.25) is 0 Å². The average molecular weight is 201 g/mol. The highest BCUT2D eigenvalue weighted by Crippen LogP contribution is 2.03. The highest BCUT2D eigenvalue weighted by Gasteiger charge is 1.84. The van der Waals surface area contributed by atoms with Crippen LogP contribution in [0.4, 0.5) is 0 Å². The normalized spacial score (nSPS) is 10.4. The number of rotatable bonds is 4. The van der Waals surface area contributed by atoms with Crippen LogP contribution in [-0.2, 0) is 4.57 Å². The molecule has 8 N–H and O–H groups in total. The van der Waals surface area contributed by atoms with Crippen LogP contribution in [0.1, 0.15) is 0 Å². The summed E-state index contributed by atoms with van der Waals surface area (Å²) in [5.41, 5.74) is 7.41. The second kappa shape index (κ2) is 9.08. The summed E-state index contributed by atoms with van der Waals surface area (Å²) >= 11 is 0. The summed E-state index contributed by atoms with van der Waals surface area (Å²) in [6.45, 7) is 4.35. The van der Waals surface area contributed by atoms with Crippen LogP contribution >= 0.6 is 7.82 Å². The molecule has 0 aromatic carbocycles. The maximum Gasteiger partial charge on any atom is 0.125 e. The summed E-state index contributed by atoms with van der Waals surface area (Å²) < 4.78 is 8.55. The van der Waals surface area contributed by atoms with Gasteiger partial charge in [-0.2, -0.15) is 7.82 Å². The fraction of sp³-hybridized carbons (Fsp3) is 1.00. The molecule has 0 unspecified atom stereocenters. The molecule has 0 radical (unpaired) electrons.